The SMILES string of the molecule is CC(=O)NC1CCc2c(ccc(=O)n2Cc2csc(C)n2)C1. The Morgan fingerprint density at radius 2 is 2.32 bits per heavy atom. The van der Waals surface area contributed by atoms with Gasteiger partial charge in [0, 0.05) is 30.1 Å². The van der Waals surface area contributed by atoms with Crippen molar-refractivity contribution in [2.75, 3.05) is 0 Å². The zero-order valence-electron chi connectivity index (χ0n) is 12.8. The molecule has 0 radical (unpaired) electrons. The fraction of sp³-hybridized carbons (Fsp3) is 0.438. The zero-order chi connectivity index (χ0) is 15.7. The summed E-state index contributed by atoms with van der Waals surface area (Å²) in [7, 11) is 0. The van der Waals surface area contributed by atoms with E-state index < -0.39 is 0 Å². The van der Waals surface area contributed by atoms with Crippen molar-refractivity contribution in [1.29, 1.82) is 0 Å². The fourth-order valence-corrected chi connectivity index (χ4v) is 3.65. The standard InChI is InChI=1S/C16H19N3O2S/c1-10(20)17-13-4-5-15-12(7-13)3-6-16(21)19(15)8-14-9-22-11(2)18-14/h3,6,9,13H,4-5,7-8H2,1-2H3,(H,17,20). The Balaban J connectivity index is 1.89. The highest BCUT2D eigenvalue weighted by Gasteiger charge is 2.22. The summed E-state index contributed by atoms with van der Waals surface area (Å²) < 4.78 is 1.83. The van der Waals surface area contributed by atoms with E-state index in [2.05, 4.69) is 10.3 Å². The second kappa shape index (κ2) is 6.04. The predicted molar refractivity (Wildman–Crippen MR) is 86.3 cm³/mol. The molecule has 2 aromatic heterocycles. The van der Waals surface area contributed by atoms with Crippen molar-refractivity contribution in [2.24, 2.45) is 0 Å². The molecule has 1 atom stereocenters. The first-order chi connectivity index (χ1) is 10.5. The number of aryl methyl sites for hydroxylation is 1. The van der Waals surface area contributed by atoms with E-state index in [0.29, 0.717) is 6.54 Å². The van der Waals surface area contributed by atoms with Gasteiger partial charge in [0.2, 0.25) is 5.91 Å². The highest BCUT2D eigenvalue weighted by atomic mass is 32.1. The topological polar surface area (TPSA) is 64.0 Å². The number of carbonyl (C=O) groups is 1. The minimum Gasteiger partial charge on any atom is -0.353 e. The Kier molecular flexibility index (Phi) is 4.11. The smallest absolute Gasteiger partial charge is 0.251 e. The summed E-state index contributed by atoms with van der Waals surface area (Å²) in [6, 6.07) is 3.68. The van der Waals surface area contributed by atoms with E-state index in [1.807, 2.05) is 22.9 Å². The van der Waals surface area contributed by atoms with E-state index in [4.69, 9.17) is 0 Å². The first-order valence-corrected chi connectivity index (χ1v) is 8.30. The lowest BCUT2D eigenvalue weighted by Gasteiger charge is -2.27. The molecule has 1 unspecified atom stereocenters. The first-order valence-electron chi connectivity index (χ1n) is 7.42. The molecule has 2 heterocycles. The maximum absolute atomic E-state index is 12.2. The minimum atomic E-state index is -0.000259. The molecule has 5 nitrogen and oxygen atoms in total. The normalized spacial score (nSPS) is 17.1. The Morgan fingerprint density at radius 1 is 1.50 bits per heavy atom. The van der Waals surface area contributed by atoms with Gasteiger partial charge in [-0.05, 0) is 31.7 Å². The van der Waals surface area contributed by atoms with Crippen LogP contribution in [0.3, 0.4) is 0 Å². The Bertz CT molecular complexity index is 763. The lowest BCUT2D eigenvalue weighted by atomic mass is 9.91. The molecule has 116 valence electrons. The van der Waals surface area contributed by atoms with Crippen LogP contribution in [0.4, 0.5) is 0 Å². The first kappa shape index (κ1) is 15.0. The van der Waals surface area contributed by atoms with Gasteiger partial charge in [-0.25, -0.2) is 4.98 Å². The largest absolute Gasteiger partial charge is 0.353 e. The van der Waals surface area contributed by atoms with E-state index in [1.54, 1.807) is 24.3 Å². The maximum Gasteiger partial charge on any atom is 0.251 e. The highest BCUT2D eigenvalue weighted by Crippen LogP contribution is 2.21. The van der Waals surface area contributed by atoms with Crippen LogP contribution in [-0.2, 0) is 24.2 Å². The van der Waals surface area contributed by atoms with E-state index in [0.717, 1.165) is 41.2 Å². The number of hydrogen-bond acceptors (Lipinski definition) is 4. The molecule has 2 aromatic rings. The van der Waals surface area contributed by atoms with E-state index in [1.165, 1.54) is 0 Å². The summed E-state index contributed by atoms with van der Waals surface area (Å²) in [5.74, 6) is -0.000259. The van der Waals surface area contributed by atoms with Crippen LogP contribution in [0.1, 0.15) is 35.3 Å². The van der Waals surface area contributed by atoms with Crippen molar-refractivity contribution in [3.63, 3.8) is 0 Å². The molecule has 0 saturated carbocycles. The lowest BCUT2D eigenvalue weighted by molar-refractivity contribution is -0.119. The molecule has 1 amide bonds. The molecule has 1 aliphatic rings. The number of hydrogen-bond donors (Lipinski definition) is 1. The molecule has 1 N–H and O–H groups in total. The lowest BCUT2D eigenvalue weighted by Crippen LogP contribution is -2.39. The van der Waals surface area contributed by atoms with Gasteiger partial charge in [0.1, 0.15) is 0 Å². The number of rotatable bonds is 3. The summed E-state index contributed by atoms with van der Waals surface area (Å²) in [5.41, 5.74) is 3.18. The number of carbonyl (C=O) groups excluding carboxylic acids is 1. The number of amides is 1. The van der Waals surface area contributed by atoms with Crippen molar-refractivity contribution < 1.29 is 4.79 Å². The summed E-state index contributed by atoms with van der Waals surface area (Å²) in [6.45, 7) is 4.04. The van der Waals surface area contributed by atoms with Crippen LogP contribution < -0.4 is 10.9 Å². The van der Waals surface area contributed by atoms with Crippen LogP contribution in [0.15, 0.2) is 22.3 Å². The molecule has 22 heavy (non-hydrogen) atoms. The van der Waals surface area contributed by atoms with Gasteiger partial charge in [-0.2, -0.15) is 0 Å². The molecule has 6 heteroatoms. The van der Waals surface area contributed by atoms with Crippen LogP contribution in [0, 0.1) is 6.92 Å². The van der Waals surface area contributed by atoms with Crippen LogP contribution in [-0.4, -0.2) is 21.5 Å². The van der Waals surface area contributed by atoms with Crippen molar-refractivity contribution in [3.8, 4) is 0 Å². The molecule has 0 fully saturated rings. The van der Waals surface area contributed by atoms with Crippen LogP contribution in [0.25, 0.3) is 0 Å². The summed E-state index contributed by atoms with van der Waals surface area (Å²) >= 11 is 1.60. The van der Waals surface area contributed by atoms with Crippen LogP contribution in [0.5, 0.6) is 0 Å². The summed E-state index contributed by atoms with van der Waals surface area (Å²) in [6.07, 6.45) is 2.46. The van der Waals surface area contributed by atoms with Gasteiger partial charge in [-0.1, -0.05) is 6.07 Å². The van der Waals surface area contributed by atoms with Gasteiger partial charge >= 0.3 is 0 Å². The number of fused-ring (bicyclic) bond motifs is 1. The molecule has 0 spiro atoms. The molecule has 0 aromatic carbocycles. The van der Waals surface area contributed by atoms with E-state index >= 15 is 0 Å². The Hall–Kier alpha value is -1.95. The maximum atomic E-state index is 12.2. The number of aromatic nitrogens is 2. The van der Waals surface area contributed by atoms with Crippen LogP contribution >= 0.6 is 11.3 Å². The van der Waals surface area contributed by atoms with Gasteiger partial charge in [-0.3, -0.25) is 9.59 Å². The number of thiazole rings is 1. The molecule has 1 aliphatic carbocycles. The van der Waals surface area contributed by atoms with Crippen LogP contribution in [0.2, 0.25) is 0 Å². The average Bonchev–Trinajstić information content (AvgIpc) is 2.87. The minimum absolute atomic E-state index is 0.000259. The molecular weight excluding hydrogens is 298 g/mol. The third-order valence-corrected chi connectivity index (χ3v) is 4.80. The van der Waals surface area contributed by atoms with Gasteiger partial charge < -0.3 is 9.88 Å². The fourth-order valence-electron chi connectivity index (χ4n) is 3.05. The number of nitrogens with one attached hydrogen (secondary N) is 1. The highest BCUT2D eigenvalue weighted by molar-refractivity contribution is 7.09. The molecule has 0 aliphatic heterocycles. The van der Waals surface area contributed by atoms with Crippen molar-refractivity contribution in [2.45, 2.75) is 45.7 Å². The van der Waals surface area contributed by atoms with Gasteiger partial charge in [-0.15, -0.1) is 11.3 Å². The molecule has 0 bridgehead atoms. The summed E-state index contributed by atoms with van der Waals surface area (Å²) in [5, 5.41) is 5.99. The van der Waals surface area contributed by atoms with Gasteiger partial charge in [0.05, 0.1) is 17.2 Å². The third kappa shape index (κ3) is 3.11. The second-order valence-electron chi connectivity index (χ2n) is 5.73. The monoisotopic (exact) mass is 317 g/mol. The second-order valence-corrected chi connectivity index (χ2v) is 6.79. The zero-order valence-corrected chi connectivity index (χ0v) is 13.6. The third-order valence-electron chi connectivity index (χ3n) is 3.98. The van der Waals surface area contributed by atoms with Crippen molar-refractivity contribution in [3.05, 3.63) is 49.8 Å². The Morgan fingerprint density at radius 3 is 3.00 bits per heavy atom. The molecule has 0 saturated heterocycles. The van der Waals surface area contributed by atoms with Crippen molar-refractivity contribution in [1.82, 2.24) is 14.9 Å². The quantitative estimate of drug-likeness (QED) is 0.936. The molecular formula is C16H19N3O2S. The summed E-state index contributed by atoms with van der Waals surface area (Å²) in [4.78, 5) is 27.9. The van der Waals surface area contributed by atoms with E-state index in [9.17, 15) is 9.59 Å². The van der Waals surface area contributed by atoms with Gasteiger partial charge in [0.25, 0.3) is 5.56 Å². The average molecular weight is 317 g/mol. The Labute approximate surface area is 133 Å². The van der Waals surface area contributed by atoms with E-state index in [-0.39, 0.29) is 17.5 Å². The predicted octanol–water partition coefficient (Wildman–Crippen LogP) is 1.65. The number of pyridine rings is 1. The molecule has 3 rings (SSSR count). The van der Waals surface area contributed by atoms with Crippen molar-refractivity contribution >= 4 is 17.2 Å². The van der Waals surface area contributed by atoms with Gasteiger partial charge in [0.15, 0.2) is 0 Å². The number of nitrogens with zero attached hydrogens (tertiary/aromatic N) is 2.